The second-order valence-electron chi connectivity index (χ2n) is 5.94. The van der Waals surface area contributed by atoms with Crippen molar-refractivity contribution in [3.05, 3.63) is 23.9 Å². The molecule has 0 bridgehead atoms. The van der Waals surface area contributed by atoms with E-state index in [1.165, 1.54) is 6.42 Å². The Morgan fingerprint density at radius 2 is 2.23 bits per heavy atom. The molecule has 120 valence electrons. The highest BCUT2D eigenvalue weighted by Gasteiger charge is 2.20. The van der Waals surface area contributed by atoms with Gasteiger partial charge in [-0.25, -0.2) is 9.78 Å². The molecule has 0 radical (unpaired) electrons. The van der Waals surface area contributed by atoms with Gasteiger partial charge in [0.2, 0.25) is 5.91 Å². The van der Waals surface area contributed by atoms with Crippen LogP contribution in [-0.2, 0) is 4.79 Å². The van der Waals surface area contributed by atoms with Gasteiger partial charge < -0.3 is 15.5 Å². The Bertz CT molecular complexity index is 515. The van der Waals surface area contributed by atoms with Crippen molar-refractivity contribution < 1.29 is 9.59 Å². The van der Waals surface area contributed by atoms with Crippen molar-refractivity contribution in [2.24, 2.45) is 5.92 Å². The van der Waals surface area contributed by atoms with Crippen LogP contribution >= 0.6 is 0 Å². The van der Waals surface area contributed by atoms with E-state index >= 15 is 0 Å². The molecule has 0 aliphatic carbocycles. The number of likely N-dealkylation sites (tertiary alicyclic amines) is 1. The van der Waals surface area contributed by atoms with Crippen molar-refractivity contribution in [3.8, 4) is 0 Å². The summed E-state index contributed by atoms with van der Waals surface area (Å²) < 4.78 is 0. The second-order valence-corrected chi connectivity index (χ2v) is 5.94. The molecule has 1 aromatic rings. The fourth-order valence-corrected chi connectivity index (χ4v) is 2.52. The summed E-state index contributed by atoms with van der Waals surface area (Å²) in [5, 5.41) is 5.52. The standard InChI is InChI=1S/C16H24N4O2/c1-12-5-6-14(18-10-12)19-15(21)7-8-17-16(22)20-9-3-4-13(2)11-20/h5-6,10,13H,3-4,7-9,11H2,1-2H3,(H,17,22)(H,18,19,21)/t13-/m1/s1. The van der Waals surface area contributed by atoms with Crippen LogP contribution in [0.3, 0.4) is 0 Å². The van der Waals surface area contributed by atoms with Crippen LogP contribution in [0.2, 0.25) is 0 Å². The smallest absolute Gasteiger partial charge is 0.317 e. The molecule has 1 saturated heterocycles. The van der Waals surface area contributed by atoms with E-state index in [9.17, 15) is 9.59 Å². The van der Waals surface area contributed by atoms with Crippen LogP contribution in [0.5, 0.6) is 0 Å². The molecule has 1 aliphatic heterocycles. The molecule has 2 heterocycles. The molecule has 22 heavy (non-hydrogen) atoms. The minimum absolute atomic E-state index is 0.0761. The number of rotatable bonds is 4. The maximum atomic E-state index is 12.0. The zero-order chi connectivity index (χ0) is 15.9. The monoisotopic (exact) mass is 304 g/mol. The molecule has 1 atom stereocenters. The number of piperidine rings is 1. The Hall–Kier alpha value is -2.11. The number of hydrogen-bond donors (Lipinski definition) is 2. The number of anilines is 1. The normalized spacial score (nSPS) is 17.9. The zero-order valence-electron chi connectivity index (χ0n) is 13.3. The van der Waals surface area contributed by atoms with Gasteiger partial charge in [-0.05, 0) is 37.3 Å². The first kappa shape index (κ1) is 16.3. The summed E-state index contributed by atoms with van der Waals surface area (Å²) >= 11 is 0. The van der Waals surface area contributed by atoms with Crippen LogP contribution < -0.4 is 10.6 Å². The van der Waals surface area contributed by atoms with Crippen molar-refractivity contribution in [2.75, 3.05) is 25.0 Å². The molecule has 0 aromatic carbocycles. The van der Waals surface area contributed by atoms with E-state index in [-0.39, 0.29) is 18.4 Å². The highest BCUT2D eigenvalue weighted by molar-refractivity contribution is 5.90. The van der Waals surface area contributed by atoms with Gasteiger partial charge in [-0.15, -0.1) is 0 Å². The minimum atomic E-state index is -0.149. The first-order chi connectivity index (χ1) is 10.5. The van der Waals surface area contributed by atoms with Gasteiger partial charge in [0.15, 0.2) is 0 Å². The van der Waals surface area contributed by atoms with E-state index in [4.69, 9.17) is 0 Å². The van der Waals surface area contributed by atoms with Crippen molar-refractivity contribution in [2.45, 2.75) is 33.1 Å². The number of nitrogens with zero attached hydrogens (tertiary/aromatic N) is 2. The van der Waals surface area contributed by atoms with Gasteiger partial charge in [-0.2, -0.15) is 0 Å². The maximum Gasteiger partial charge on any atom is 0.317 e. The second kappa shape index (κ2) is 7.77. The van der Waals surface area contributed by atoms with E-state index < -0.39 is 0 Å². The number of aromatic nitrogens is 1. The Morgan fingerprint density at radius 1 is 1.41 bits per heavy atom. The number of aryl methyl sites for hydroxylation is 1. The lowest BCUT2D eigenvalue weighted by atomic mass is 10.0. The van der Waals surface area contributed by atoms with Gasteiger partial charge in [0.25, 0.3) is 0 Å². The molecule has 1 fully saturated rings. The average molecular weight is 304 g/mol. The summed E-state index contributed by atoms with van der Waals surface area (Å²) in [4.78, 5) is 29.7. The lowest BCUT2D eigenvalue weighted by molar-refractivity contribution is -0.116. The van der Waals surface area contributed by atoms with E-state index in [0.29, 0.717) is 18.3 Å². The predicted octanol–water partition coefficient (Wildman–Crippen LogP) is 2.16. The van der Waals surface area contributed by atoms with Gasteiger partial charge >= 0.3 is 6.03 Å². The molecule has 0 saturated carbocycles. The Morgan fingerprint density at radius 3 is 2.91 bits per heavy atom. The number of nitrogens with one attached hydrogen (secondary N) is 2. The van der Waals surface area contributed by atoms with Crippen LogP contribution in [0, 0.1) is 12.8 Å². The maximum absolute atomic E-state index is 12.0. The molecule has 2 rings (SSSR count). The molecule has 1 aromatic heterocycles. The first-order valence-corrected chi connectivity index (χ1v) is 7.80. The SMILES string of the molecule is Cc1ccc(NC(=O)CCNC(=O)N2CCC[C@@H](C)C2)nc1. The third-order valence-corrected chi connectivity index (χ3v) is 3.75. The quantitative estimate of drug-likeness (QED) is 0.895. The van der Waals surface area contributed by atoms with Gasteiger partial charge in [0, 0.05) is 32.3 Å². The molecule has 6 nitrogen and oxygen atoms in total. The van der Waals surface area contributed by atoms with E-state index in [0.717, 1.165) is 25.1 Å². The number of pyridine rings is 1. The van der Waals surface area contributed by atoms with Crippen LogP contribution in [0.15, 0.2) is 18.3 Å². The predicted molar refractivity (Wildman–Crippen MR) is 85.6 cm³/mol. The molecule has 2 N–H and O–H groups in total. The van der Waals surface area contributed by atoms with Gasteiger partial charge in [0.1, 0.15) is 5.82 Å². The summed E-state index contributed by atoms with van der Waals surface area (Å²) in [6, 6.07) is 3.58. The summed E-state index contributed by atoms with van der Waals surface area (Å²) in [5.41, 5.74) is 1.04. The summed E-state index contributed by atoms with van der Waals surface area (Å²) in [5.74, 6) is 0.936. The Labute approximate surface area is 131 Å². The molecule has 3 amide bonds. The van der Waals surface area contributed by atoms with Crippen LogP contribution in [0.1, 0.15) is 31.7 Å². The van der Waals surface area contributed by atoms with Crippen molar-refractivity contribution in [1.29, 1.82) is 0 Å². The number of carbonyl (C=O) groups is 2. The average Bonchev–Trinajstić information content (AvgIpc) is 2.49. The highest BCUT2D eigenvalue weighted by atomic mass is 16.2. The number of amides is 3. The van der Waals surface area contributed by atoms with E-state index in [2.05, 4.69) is 22.5 Å². The fourth-order valence-electron chi connectivity index (χ4n) is 2.52. The number of carbonyl (C=O) groups excluding carboxylic acids is 2. The van der Waals surface area contributed by atoms with Gasteiger partial charge in [0.05, 0.1) is 0 Å². The highest BCUT2D eigenvalue weighted by Crippen LogP contribution is 2.15. The van der Waals surface area contributed by atoms with E-state index in [1.54, 1.807) is 12.3 Å². The summed E-state index contributed by atoms with van der Waals surface area (Å²) in [6.07, 6.45) is 4.17. The topological polar surface area (TPSA) is 74.3 Å². The lowest BCUT2D eigenvalue weighted by Crippen LogP contribution is -2.45. The molecule has 0 unspecified atom stereocenters. The molecule has 0 spiro atoms. The molecule has 6 heteroatoms. The summed E-state index contributed by atoms with van der Waals surface area (Å²) in [7, 11) is 0. The van der Waals surface area contributed by atoms with Crippen LogP contribution in [0.25, 0.3) is 0 Å². The summed E-state index contributed by atoms with van der Waals surface area (Å²) in [6.45, 7) is 6.03. The third-order valence-electron chi connectivity index (χ3n) is 3.75. The molecular formula is C16H24N4O2. The Balaban J connectivity index is 1.68. The minimum Gasteiger partial charge on any atom is -0.337 e. The first-order valence-electron chi connectivity index (χ1n) is 7.80. The third kappa shape index (κ3) is 5.02. The van der Waals surface area contributed by atoms with E-state index in [1.807, 2.05) is 17.9 Å². The Kier molecular flexibility index (Phi) is 5.75. The number of hydrogen-bond acceptors (Lipinski definition) is 3. The van der Waals surface area contributed by atoms with Gasteiger partial charge in [-0.3, -0.25) is 4.79 Å². The van der Waals surface area contributed by atoms with Gasteiger partial charge in [-0.1, -0.05) is 13.0 Å². The van der Waals surface area contributed by atoms with Crippen LogP contribution in [0.4, 0.5) is 10.6 Å². The van der Waals surface area contributed by atoms with Crippen molar-refractivity contribution in [1.82, 2.24) is 15.2 Å². The number of urea groups is 1. The van der Waals surface area contributed by atoms with Crippen molar-refractivity contribution in [3.63, 3.8) is 0 Å². The fraction of sp³-hybridized carbons (Fsp3) is 0.562. The molecule has 1 aliphatic rings. The van der Waals surface area contributed by atoms with Crippen molar-refractivity contribution >= 4 is 17.8 Å². The largest absolute Gasteiger partial charge is 0.337 e. The molecular weight excluding hydrogens is 280 g/mol. The lowest BCUT2D eigenvalue weighted by Gasteiger charge is -2.30. The van der Waals surface area contributed by atoms with Crippen LogP contribution in [-0.4, -0.2) is 41.5 Å². The zero-order valence-corrected chi connectivity index (χ0v) is 13.3.